The molecule has 8 nitrogen and oxygen atoms in total. The first-order valence-electron chi connectivity index (χ1n) is 5.31. The number of hydrogen-bond acceptors (Lipinski definition) is 7. The van der Waals surface area contributed by atoms with E-state index >= 15 is 0 Å². The molecule has 0 heterocycles. The normalized spacial score (nSPS) is 11.6. The van der Waals surface area contributed by atoms with Crippen LogP contribution in [0.4, 0.5) is 4.79 Å². The quantitative estimate of drug-likeness (QED) is 0.255. The molecule has 0 saturated heterocycles. The Morgan fingerprint density at radius 3 is 2.32 bits per heavy atom. The van der Waals surface area contributed by atoms with Crippen molar-refractivity contribution < 1.29 is 28.6 Å². The Kier molecular flexibility index (Phi) is 7.59. The van der Waals surface area contributed by atoms with Gasteiger partial charge in [-0.25, -0.2) is 19.8 Å². The van der Waals surface area contributed by atoms with Crippen LogP contribution in [0.1, 0.15) is 13.8 Å². The Balaban J connectivity index is 5.13. The van der Waals surface area contributed by atoms with E-state index in [9.17, 15) is 14.4 Å². The average molecular weight is 272 g/mol. The second-order valence-corrected chi connectivity index (χ2v) is 3.10. The van der Waals surface area contributed by atoms with E-state index < -0.39 is 18.0 Å². The van der Waals surface area contributed by atoms with E-state index in [1.165, 1.54) is 14.0 Å². The largest absolute Gasteiger partial charge is 0.466 e. The zero-order valence-electron chi connectivity index (χ0n) is 11.2. The third kappa shape index (κ3) is 6.20. The molecule has 1 amide bonds. The number of nitrogens with one attached hydrogen (secondary N) is 1. The number of carbonyl (C=O) groups excluding carboxylic acids is 3. The summed E-state index contributed by atoms with van der Waals surface area (Å²) in [5, 5.41) is 3.60. The fraction of sp³-hybridized carbons (Fsp3) is 0.455. The van der Waals surface area contributed by atoms with Gasteiger partial charge in [-0.1, -0.05) is 0 Å². The number of rotatable bonds is 5. The Morgan fingerprint density at radius 2 is 1.84 bits per heavy atom. The summed E-state index contributed by atoms with van der Waals surface area (Å²) in [5.74, 6) is -1.49. The molecule has 0 aromatic carbocycles. The molecule has 19 heavy (non-hydrogen) atoms. The lowest BCUT2D eigenvalue weighted by atomic mass is 10.1. The monoisotopic (exact) mass is 272 g/mol. The van der Waals surface area contributed by atoms with Crippen LogP contribution < -0.4 is 5.43 Å². The highest BCUT2D eigenvalue weighted by Crippen LogP contribution is 2.03. The van der Waals surface area contributed by atoms with E-state index in [1.54, 1.807) is 6.92 Å². The first-order chi connectivity index (χ1) is 8.96. The maximum absolute atomic E-state index is 11.6. The number of amides is 1. The molecule has 0 aliphatic carbocycles. The predicted octanol–water partition coefficient (Wildman–Crippen LogP) is 0.381. The molecule has 0 atom stereocenters. The summed E-state index contributed by atoms with van der Waals surface area (Å²) in [7, 11) is 2.33. The third-order valence-electron chi connectivity index (χ3n) is 1.85. The summed E-state index contributed by atoms with van der Waals surface area (Å²) in [5.41, 5.74) is 1.98. The van der Waals surface area contributed by atoms with Crippen LogP contribution >= 0.6 is 0 Å². The molecule has 0 aromatic heterocycles. The third-order valence-corrected chi connectivity index (χ3v) is 1.85. The number of hydrogen-bond donors (Lipinski definition) is 1. The minimum atomic E-state index is -0.805. The molecule has 0 aromatic rings. The Bertz CT molecular complexity index is 413. The molecule has 0 fully saturated rings. The van der Waals surface area contributed by atoms with Gasteiger partial charge < -0.3 is 14.2 Å². The Hall–Kier alpha value is -2.38. The van der Waals surface area contributed by atoms with Gasteiger partial charge in [-0.15, -0.1) is 0 Å². The number of carbonyl (C=O) groups is 3. The highest BCUT2D eigenvalue weighted by atomic mass is 16.5. The first-order valence-corrected chi connectivity index (χ1v) is 5.31. The molecule has 1 N–H and O–H groups in total. The van der Waals surface area contributed by atoms with Gasteiger partial charge in [-0.3, -0.25) is 0 Å². The Labute approximate surface area is 110 Å². The van der Waals surface area contributed by atoms with Gasteiger partial charge in [-0.2, -0.15) is 5.10 Å². The standard InChI is InChI=1S/C11H16N2O6/c1-5-19-10(15)8(6-9(14)17-3)7(2)12-13-11(16)18-4/h6H,5H2,1-4H3,(H,13,16)/b8-6-,12-7+. The van der Waals surface area contributed by atoms with Crippen LogP contribution in [-0.4, -0.2) is 44.6 Å². The number of esters is 2. The summed E-state index contributed by atoms with van der Waals surface area (Å²) < 4.78 is 13.5. The van der Waals surface area contributed by atoms with Crippen LogP contribution in [-0.2, 0) is 23.8 Å². The minimum Gasteiger partial charge on any atom is -0.466 e. The molecule has 0 saturated carbocycles. The second-order valence-electron chi connectivity index (χ2n) is 3.10. The number of ether oxygens (including phenoxy) is 3. The van der Waals surface area contributed by atoms with Gasteiger partial charge in [-0.05, 0) is 13.8 Å². The van der Waals surface area contributed by atoms with Crippen molar-refractivity contribution in [2.24, 2.45) is 5.10 Å². The van der Waals surface area contributed by atoms with Crippen LogP contribution in [0.15, 0.2) is 16.8 Å². The summed E-state index contributed by atoms with van der Waals surface area (Å²) >= 11 is 0. The van der Waals surface area contributed by atoms with Gasteiger partial charge in [0.15, 0.2) is 0 Å². The SMILES string of the molecule is CCOC(=O)C(=C\C(=O)OC)/C(C)=N/NC(=O)OC. The maximum atomic E-state index is 11.6. The van der Waals surface area contributed by atoms with Crippen molar-refractivity contribution in [2.45, 2.75) is 13.8 Å². The molecule has 0 aliphatic heterocycles. The molecule has 0 spiro atoms. The smallest absolute Gasteiger partial charge is 0.427 e. The van der Waals surface area contributed by atoms with Gasteiger partial charge in [0.2, 0.25) is 0 Å². The first kappa shape index (κ1) is 16.6. The van der Waals surface area contributed by atoms with Crippen molar-refractivity contribution in [3.63, 3.8) is 0 Å². The zero-order chi connectivity index (χ0) is 14.8. The second kappa shape index (κ2) is 8.67. The fourth-order valence-corrected chi connectivity index (χ4v) is 0.932. The number of hydrazone groups is 1. The highest BCUT2D eigenvalue weighted by molar-refractivity contribution is 6.21. The van der Waals surface area contributed by atoms with Crippen molar-refractivity contribution in [3.05, 3.63) is 11.6 Å². The topological polar surface area (TPSA) is 103 Å². The van der Waals surface area contributed by atoms with Crippen molar-refractivity contribution in [2.75, 3.05) is 20.8 Å². The molecule has 106 valence electrons. The van der Waals surface area contributed by atoms with Crippen LogP contribution in [0.2, 0.25) is 0 Å². The summed E-state index contributed by atoms with van der Waals surface area (Å²) in [6.45, 7) is 3.17. The minimum absolute atomic E-state index is 0.0780. The van der Waals surface area contributed by atoms with E-state index in [-0.39, 0.29) is 17.9 Å². The van der Waals surface area contributed by atoms with Gasteiger partial charge in [0.1, 0.15) is 0 Å². The van der Waals surface area contributed by atoms with Crippen molar-refractivity contribution in [1.29, 1.82) is 0 Å². The van der Waals surface area contributed by atoms with Gasteiger partial charge in [0.25, 0.3) is 0 Å². The summed E-state index contributed by atoms with van der Waals surface area (Å²) in [6, 6.07) is 0. The van der Waals surface area contributed by atoms with E-state index in [2.05, 4.69) is 14.6 Å². The fourth-order valence-electron chi connectivity index (χ4n) is 0.932. The molecule has 0 unspecified atom stereocenters. The van der Waals surface area contributed by atoms with Crippen LogP contribution in [0.3, 0.4) is 0 Å². The molecular formula is C11H16N2O6. The predicted molar refractivity (Wildman–Crippen MR) is 65.4 cm³/mol. The average Bonchev–Trinajstić information content (AvgIpc) is 2.41. The molecule has 0 bridgehead atoms. The number of nitrogens with zero attached hydrogens (tertiary/aromatic N) is 1. The molecule has 0 rings (SSSR count). The van der Waals surface area contributed by atoms with Crippen molar-refractivity contribution in [1.82, 2.24) is 5.43 Å². The molecule has 8 heteroatoms. The van der Waals surface area contributed by atoms with E-state index in [4.69, 9.17) is 4.74 Å². The zero-order valence-corrected chi connectivity index (χ0v) is 11.2. The van der Waals surface area contributed by atoms with E-state index in [1.807, 2.05) is 5.43 Å². The van der Waals surface area contributed by atoms with Gasteiger partial charge >= 0.3 is 18.0 Å². The highest BCUT2D eigenvalue weighted by Gasteiger charge is 2.16. The van der Waals surface area contributed by atoms with Crippen molar-refractivity contribution >= 4 is 23.7 Å². The number of methoxy groups -OCH3 is 2. The van der Waals surface area contributed by atoms with Crippen LogP contribution in [0.5, 0.6) is 0 Å². The van der Waals surface area contributed by atoms with Gasteiger partial charge in [0, 0.05) is 6.08 Å². The van der Waals surface area contributed by atoms with E-state index in [0.29, 0.717) is 0 Å². The summed E-state index contributed by atoms with van der Waals surface area (Å²) in [6.07, 6.45) is 0.121. The van der Waals surface area contributed by atoms with Crippen LogP contribution in [0, 0.1) is 0 Å². The lowest BCUT2D eigenvalue weighted by Gasteiger charge is -2.06. The molecule has 0 aliphatic rings. The molecule has 0 radical (unpaired) electrons. The van der Waals surface area contributed by atoms with E-state index in [0.717, 1.165) is 13.2 Å². The lowest BCUT2D eigenvalue weighted by Crippen LogP contribution is -2.22. The van der Waals surface area contributed by atoms with Gasteiger partial charge in [0.05, 0.1) is 32.1 Å². The lowest BCUT2D eigenvalue weighted by molar-refractivity contribution is -0.139. The van der Waals surface area contributed by atoms with Crippen LogP contribution in [0.25, 0.3) is 0 Å². The maximum Gasteiger partial charge on any atom is 0.427 e. The molecular weight excluding hydrogens is 256 g/mol. The Morgan fingerprint density at radius 1 is 1.21 bits per heavy atom. The summed E-state index contributed by atoms with van der Waals surface area (Å²) in [4.78, 5) is 33.6. The van der Waals surface area contributed by atoms with Crippen molar-refractivity contribution in [3.8, 4) is 0 Å².